The number of rotatable bonds is 2. The Bertz CT molecular complexity index is 357. The molecule has 0 aliphatic heterocycles. The Balaban J connectivity index is 0.00000128. The van der Waals surface area contributed by atoms with E-state index in [1.807, 2.05) is 0 Å². The second-order valence-corrected chi connectivity index (χ2v) is 5.33. The lowest BCUT2D eigenvalue weighted by atomic mass is 9.62. The van der Waals surface area contributed by atoms with E-state index in [1.54, 1.807) is 12.1 Å². The summed E-state index contributed by atoms with van der Waals surface area (Å²) in [5.41, 5.74) is 1.05. The Morgan fingerprint density at radius 2 is 2.00 bits per heavy atom. The average molecular weight is 245 g/mol. The van der Waals surface area contributed by atoms with E-state index in [-0.39, 0.29) is 18.2 Å². The van der Waals surface area contributed by atoms with Crippen LogP contribution >= 0.6 is 12.4 Å². The third-order valence-electron chi connectivity index (χ3n) is 3.27. The van der Waals surface area contributed by atoms with Crippen LogP contribution in [0.5, 0.6) is 0 Å². The molecule has 1 aromatic carbocycles. The van der Waals surface area contributed by atoms with Gasteiger partial charge in [-0.25, -0.2) is 4.39 Å². The monoisotopic (exact) mass is 244 g/mol. The van der Waals surface area contributed by atoms with E-state index in [4.69, 9.17) is 0 Å². The van der Waals surface area contributed by atoms with Gasteiger partial charge in [0.25, 0.3) is 0 Å². The van der Waals surface area contributed by atoms with Gasteiger partial charge < -0.3 is 5.11 Å². The highest BCUT2D eigenvalue weighted by atomic mass is 35.5. The van der Waals surface area contributed by atoms with Crippen molar-refractivity contribution in [2.45, 2.75) is 32.8 Å². The van der Waals surface area contributed by atoms with Gasteiger partial charge in [0.2, 0.25) is 0 Å². The molecule has 0 unspecified atom stereocenters. The van der Waals surface area contributed by atoms with Crippen molar-refractivity contribution < 1.29 is 9.50 Å². The minimum absolute atomic E-state index is 0. The molecule has 1 saturated carbocycles. The molecule has 0 radical (unpaired) electrons. The fraction of sp³-hybridized carbons (Fsp3) is 0.538. The number of hydrogen-bond acceptors (Lipinski definition) is 1. The van der Waals surface area contributed by atoms with Gasteiger partial charge in [-0.05, 0) is 41.9 Å². The van der Waals surface area contributed by atoms with Crippen LogP contribution in [0.1, 0.15) is 38.4 Å². The summed E-state index contributed by atoms with van der Waals surface area (Å²) in [6.07, 6.45) is 1.53. The lowest BCUT2D eigenvalue weighted by Gasteiger charge is -2.45. The number of hydrogen-bond donors (Lipinski definition) is 1. The lowest BCUT2D eigenvalue weighted by molar-refractivity contribution is -0.0148. The molecule has 0 heterocycles. The summed E-state index contributed by atoms with van der Waals surface area (Å²) in [4.78, 5) is 0. The average Bonchev–Trinajstić information content (AvgIpc) is 2.13. The quantitative estimate of drug-likeness (QED) is 0.841. The highest BCUT2D eigenvalue weighted by molar-refractivity contribution is 5.85. The fourth-order valence-corrected chi connectivity index (χ4v) is 2.55. The summed E-state index contributed by atoms with van der Waals surface area (Å²) < 4.78 is 13.0. The Morgan fingerprint density at radius 3 is 2.50 bits per heavy atom. The maximum absolute atomic E-state index is 13.0. The topological polar surface area (TPSA) is 20.2 Å². The van der Waals surface area contributed by atoms with Crippen LogP contribution in [0.2, 0.25) is 0 Å². The van der Waals surface area contributed by atoms with Crippen LogP contribution in [0, 0.1) is 17.2 Å². The van der Waals surface area contributed by atoms with Gasteiger partial charge in [0.15, 0.2) is 0 Å². The molecule has 0 amide bonds. The van der Waals surface area contributed by atoms with Gasteiger partial charge in [0.05, 0.1) is 6.10 Å². The standard InChI is InChI=1S/C13H17FO.ClH/c1-13(2)7-10(8-13)12(15)9-4-3-5-11(14)6-9;/h3-6,10,12,15H,7-8H2,1-2H3;1H/t12-;/m1./s1. The third-order valence-corrected chi connectivity index (χ3v) is 3.27. The van der Waals surface area contributed by atoms with Crippen molar-refractivity contribution in [3.8, 4) is 0 Å². The number of aliphatic hydroxyl groups is 1. The van der Waals surface area contributed by atoms with Gasteiger partial charge >= 0.3 is 0 Å². The Morgan fingerprint density at radius 1 is 1.38 bits per heavy atom. The molecule has 1 fully saturated rings. The van der Waals surface area contributed by atoms with Crippen molar-refractivity contribution in [1.82, 2.24) is 0 Å². The minimum Gasteiger partial charge on any atom is -0.388 e. The van der Waals surface area contributed by atoms with Crippen molar-refractivity contribution in [3.63, 3.8) is 0 Å². The normalized spacial score (nSPS) is 20.8. The molecule has 0 spiro atoms. The summed E-state index contributed by atoms with van der Waals surface area (Å²) in [5.74, 6) is 0.0203. The Labute approximate surface area is 102 Å². The molecule has 0 saturated heterocycles. The van der Waals surface area contributed by atoms with E-state index in [0.717, 1.165) is 12.8 Å². The predicted octanol–water partition coefficient (Wildman–Crippen LogP) is 3.72. The van der Waals surface area contributed by atoms with Gasteiger partial charge in [-0.1, -0.05) is 26.0 Å². The van der Waals surface area contributed by atoms with Gasteiger partial charge in [-0.2, -0.15) is 0 Å². The molecule has 0 aromatic heterocycles. The summed E-state index contributed by atoms with van der Waals surface area (Å²) in [7, 11) is 0. The van der Waals surface area contributed by atoms with Crippen molar-refractivity contribution in [2.24, 2.45) is 11.3 Å². The van der Waals surface area contributed by atoms with Crippen LogP contribution in [0.3, 0.4) is 0 Å². The van der Waals surface area contributed by atoms with Gasteiger partial charge in [-0.3, -0.25) is 0 Å². The fourth-order valence-electron chi connectivity index (χ4n) is 2.55. The number of benzene rings is 1. The molecule has 0 bridgehead atoms. The smallest absolute Gasteiger partial charge is 0.123 e. The molecule has 1 aliphatic rings. The molecule has 3 heteroatoms. The summed E-state index contributed by atoms with van der Waals surface area (Å²) in [5, 5.41) is 10.0. The molecule has 90 valence electrons. The molecule has 1 aromatic rings. The number of halogens is 2. The number of aliphatic hydroxyl groups excluding tert-OH is 1. The van der Waals surface area contributed by atoms with Crippen LogP contribution in [-0.2, 0) is 0 Å². The summed E-state index contributed by atoms with van der Waals surface area (Å²) in [6, 6.07) is 6.27. The van der Waals surface area contributed by atoms with E-state index >= 15 is 0 Å². The maximum atomic E-state index is 13.0. The molecular weight excluding hydrogens is 227 g/mol. The van der Waals surface area contributed by atoms with Crippen molar-refractivity contribution in [3.05, 3.63) is 35.6 Å². The first-order chi connectivity index (χ1) is 6.98. The zero-order valence-electron chi connectivity index (χ0n) is 9.61. The second-order valence-electron chi connectivity index (χ2n) is 5.33. The Hall–Kier alpha value is -0.600. The zero-order valence-corrected chi connectivity index (χ0v) is 10.4. The van der Waals surface area contributed by atoms with Crippen LogP contribution in [0.25, 0.3) is 0 Å². The predicted molar refractivity (Wildman–Crippen MR) is 65.1 cm³/mol. The largest absolute Gasteiger partial charge is 0.388 e. The van der Waals surface area contributed by atoms with Crippen molar-refractivity contribution in [1.29, 1.82) is 0 Å². The highest BCUT2D eigenvalue weighted by Gasteiger charge is 2.40. The minimum atomic E-state index is -0.506. The van der Waals surface area contributed by atoms with E-state index in [2.05, 4.69) is 13.8 Å². The first-order valence-electron chi connectivity index (χ1n) is 5.41. The van der Waals surface area contributed by atoms with Crippen LogP contribution < -0.4 is 0 Å². The molecular formula is C13H18ClFO. The van der Waals surface area contributed by atoms with Gasteiger partial charge in [0.1, 0.15) is 5.82 Å². The second kappa shape index (κ2) is 4.72. The Kier molecular flexibility index (Phi) is 3.97. The first kappa shape index (κ1) is 13.5. The maximum Gasteiger partial charge on any atom is 0.123 e. The lowest BCUT2D eigenvalue weighted by Crippen LogP contribution is -2.35. The van der Waals surface area contributed by atoms with E-state index in [1.165, 1.54) is 12.1 Å². The van der Waals surface area contributed by atoms with Crippen molar-refractivity contribution in [2.75, 3.05) is 0 Å². The SMILES string of the molecule is CC1(C)CC([C@H](O)c2cccc(F)c2)C1.Cl. The molecule has 1 nitrogen and oxygen atoms in total. The molecule has 16 heavy (non-hydrogen) atoms. The van der Waals surface area contributed by atoms with Crippen LogP contribution in [0.4, 0.5) is 4.39 Å². The summed E-state index contributed by atoms with van der Waals surface area (Å²) >= 11 is 0. The van der Waals surface area contributed by atoms with E-state index in [9.17, 15) is 9.50 Å². The molecule has 1 atom stereocenters. The van der Waals surface area contributed by atoms with Crippen molar-refractivity contribution >= 4 is 12.4 Å². The van der Waals surface area contributed by atoms with E-state index < -0.39 is 6.10 Å². The van der Waals surface area contributed by atoms with E-state index in [0.29, 0.717) is 16.9 Å². The van der Waals surface area contributed by atoms with Crippen LogP contribution in [-0.4, -0.2) is 5.11 Å². The van der Waals surface area contributed by atoms with Gasteiger partial charge in [0, 0.05) is 0 Å². The molecule has 1 aliphatic carbocycles. The molecule has 1 N–H and O–H groups in total. The van der Waals surface area contributed by atoms with Crippen LogP contribution in [0.15, 0.2) is 24.3 Å². The highest BCUT2D eigenvalue weighted by Crippen LogP contribution is 2.50. The summed E-state index contributed by atoms with van der Waals surface area (Å²) in [6.45, 7) is 4.39. The molecule has 2 rings (SSSR count). The zero-order chi connectivity index (χ0) is 11.1. The van der Waals surface area contributed by atoms with Gasteiger partial charge in [-0.15, -0.1) is 12.4 Å². The first-order valence-corrected chi connectivity index (χ1v) is 5.41. The third kappa shape index (κ3) is 2.74.